The second-order valence-corrected chi connectivity index (χ2v) is 2.13. The topological polar surface area (TPSA) is 69.6 Å². The molecular weight excluding hydrogens is 146 g/mol. The summed E-state index contributed by atoms with van der Waals surface area (Å²) in [6.07, 6.45) is 3.09. The van der Waals surface area contributed by atoms with E-state index in [-0.39, 0.29) is 12.6 Å². The molecule has 0 aromatic carbocycles. The monoisotopic (exact) mass is 159 g/mol. The van der Waals surface area contributed by atoms with Crippen molar-refractivity contribution in [3.05, 3.63) is 12.3 Å². The van der Waals surface area contributed by atoms with Crippen molar-refractivity contribution in [1.29, 1.82) is 0 Å². The Bertz CT molecular complexity index is 141. The van der Waals surface area contributed by atoms with Gasteiger partial charge < -0.3 is 15.5 Å². The zero-order chi connectivity index (χ0) is 8.69. The smallest absolute Gasteiger partial charge is 0.329 e. The number of carboxylic acid groups (broad SMARTS) is 1. The van der Waals surface area contributed by atoms with Gasteiger partial charge in [-0.3, -0.25) is 0 Å². The lowest BCUT2D eigenvalue weighted by molar-refractivity contribution is -0.131. The summed E-state index contributed by atoms with van der Waals surface area (Å²) in [6, 6.07) is -0.0504. The van der Waals surface area contributed by atoms with Crippen molar-refractivity contribution in [2.45, 2.75) is 19.4 Å². The molecule has 0 rings (SSSR count). The number of aliphatic hydroxyl groups excluding tert-OH is 1. The molecule has 3 N–H and O–H groups in total. The van der Waals surface area contributed by atoms with E-state index < -0.39 is 5.97 Å². The van der Waals surface area contributed by atoms with Gasteiger partial charge in [0, 0.05) is 18.3 Å². The van der Waals surface area contributed by atoms with Gasteiger partial charge in [0.2, 0.25) is 0 Å². The van der Waals surface area contributed by atoms with E-state index in [1.165, 1.54) is 6.20 Å². The highest BCUT2D eigenvalue weighted by Crippen LogP contribution is 1.87. The highest BCUT2D eigenvalue weighted by molar-refractivity contribution is 5.79. The number of carbonyl (C=O) groups is 1. The Balaban J connectivity index is 3.57. The maximum atomic E-state index is 9.97. The lowest BCUT2D eigenvalue weighted by Crippen LogP contribution is -2.27. The Morgan fingerprint density at radius 1 is 1.73 bits per heavy atom. The van der Waals surface area contributed by atoms with Crippen LogP contribution in [0.5, 0.6) is 0 Å². The molecule has 0 spiro atoms. The summed E-state index contributed by atoms with van der Waals surface area (Å²) < 4.78 is 0. The fourth-order valence-corrected chi connectivity index (χ4v) is 0.555. The van der Waals surface area contributed by atoms with Crippen molar-refractivity contribution >= 4 is 5.97 Å². The minimum atomic E-state index is -0.995. The number of nitrogens with one attached hydrogen (secondary N) is 1. The van der Waals surface area contributed by atoms with Crippen LogP contribution in [0.1, 0.15) is 13.3 Å². The standard InChI is InChI=1S/C7H13NO3/c1-2-6(5-9)8-4-3-7(10)11/h3-4,6,8-9H,2,5H2,1H3,(H,10,11)/b4-3+. The Morgan fingerprint density at radius 2 is 2.36 bits per heavy atom. The van der Waals surface area contributed by atoms with E-state index in [2.05, 4.69) is 5.32 Å². The molecule has 4 nitrogen and oxygen atoms in total. The molecule has 0 aromatic rings. The zero-order valence-electron chi connectivity index (χ0n) is 6.45. The van der Waals surface area contributed by atoms with Crippen LogP contribution in [0.2, 0.25) is 0 Å². The molecule has 0 amide bonds. The van der Waals surface area contributed by atoms with Crippen LogP contribution < -0.4 is 5.32 Å². The molecule has 11 heavy (non-hydrogen) atoms. The fourth-order valence-electron chi connectivity index (χ4n) is 0.555. The van der Waals surface area contributed by atoms with Gasteiger partial charge in [0.25, 0.3) is 0 Å². The van der Waals surface area contributed by atoms with Crippen LogP contribution >= 0.6 is 0 Å². The molecule has 0 heterocycles. The molecule has 4 heteroatoms. The van der Waals surface area contributed by atoms with E-state index in [0.717, 1.165) is 12.5 Å². The molecule has 0 radical (unpaired) electrons. The molecule has 0 saturated carbocycles. The summed E-state index contributed by atoms with van der Waals surface area (Å²) >= 11 is 0. The average molecular weight is 159 g/mol. The minimum absolute atomic E-state index is 0.0143. The molecule has 0 fully saturated rings. The molecule has 1 unspecified atom stereocenters. The Morgan fingerprint density at radius 3 is 2.73 bits per heavy atom. The third-order valence-electron chi connectivity index (χ3n) is 1.27. The van der Waals surface area contributed by atoms with E-state index in [9.17, 15) is 4.79 Å². The molecule has 0 aliphatic rings. The minimum Gasteiger partial charge on any atom is -0.478 e. The van der Waals surface area contributed by atoms with Crippen LogP contribution in [0.25, 0.3) is 0 Å². The summed E-state index contributed by atoms with van der Waals surface area (Å²) in [5, 5.41) is 19.6. The second-order valence-electron chi connectivity index (χ2n) is 2.13. The van der Waals surface area contributed by atoms with Crippen molar-refractivity contribution in [1.82, 2.24) is 5.32 Å². The van der Waals surface area contributed by atoms with Crippen LogP contribution in [0.4, 0.5) is 0 Å². The predicted octanol–water partition coefficient (Wildman–Crippen LogP) is -0.0548. The number of rotatable bonds is 5. The first-order valence-corrected chi connectivity index (χ1v) is 3.47. The highest BCUT2D eigenvalue weighted by atomic mass is 16.4. The van der Waals surface area contributed by atoms with Gasteiger partial charge in [-0.2, -0.15) is 0 Å². The summed E-state index contributed by atoms with van der Waals surface area (Å²) in [5.41, 5.74) is 0. The highest BCUT2D eigenvalue weighted by Gasteiger charge is 1.98. The zero-order valence-corrected chi connectivity index (χ0v) is 6.45. The predicted molar refractivity (Wildman–Crippen MR) is 41.1 cm³/mol. The van der Waals surface area contributed by atoms with Crippen LogP contribution in [-0.2, 0) is 4.79 Å². The van der Waals surface area contributed by atoms with E-state index in [4.69, 9.17) is 10.2 Å². The molecule has 1 atom stereocenters. The van der Waals surface area contributed by atoms with E-state index in [1.807, 2.05) is 6.92 Å². The third-order valence-corrected chi connectivity index (χ3v) is 1.27. The third kappa shape index (κ3) is 5.42. The Hall–Kier alpha value is -1.03. The number of hydrogen-bond acceptors (Lipinski definition) is 3. The van der Waals surface area contributed by atoms with Crippen molar-refractivity contribution < 1.29 is 15.0 Å². The van der Waals surface area contributed by atoms with Crippen molar-refractivity contribution in [2.24, 2.45) is 0 Å². The summed E-state index contributed by atoms with van der Waals surface area (Å²) in [7, 11) is 0. The largest absolute Gasteiger partial charge is 0.478 e. The van der Waals surface area contributed by atoms with Gasteiger partial charge in [-0.1, -0.05) is 6.92 Å². The number of aliphatic hydroxyl groups is 1. The average Bonchev–Trinajstić information content (AvgIpc) is 1.98. The van der Waals surface area contributed by atoms with Gasteiger partial charge in [0.05, 0.1) is 6.61 Å². The first-order chi connectivity index (χ1) is 5.20. The van der Waals surface area contributed by atoms with Crippen LogP contribution in [-0.4, -0.2) is 28.8 Å². The lowest BCUT2D eigenvalue weighted by Gasteiger charge is -2.10. The molecule has 0 bridgehead atoms. The number of hydrogen-bond donors (Lipinski definition) is 3. The van der Waals surface area contributed by atoms with Crippen LogP contribution in [0.3, 0.4) is 0 Å². The first-order valence-electron chi connectivity index (χ1n) is 3.47. The summed E-state index contributed by atoms with van der Waals surface area (Å²) in [4.78, 5) is 9.97. The van der Waals surface area contributed by atoms with Crippen molar-refractivity contribution in [3.8, 4) is 0 Å². The maximum absolute atomic E-state index is 9.97. The van der Waals surface area contributed by atoms with Gasteiger partial charge >= 0.3 is 5.97 Å². The Kier molecular flexibility index (Phi) is 5.20. The molecule has 0 aliphatic carbocycles. The van der Waals surface area contributed by atoms with E-state index in [1.54, 1.807) is 0 Å². The summed E-state index contributed by atoms with van der Waals surface area (Å²) in [5.74, 6) is -0.995. The second kappa shape index (κ2) is 5.73. The molecule has 64 valence electrons. The number of aliphatic carboxylic acids is 1. The normalized spacial score (nSPS) is 13.3. The summed E-state index contributed by atoms with van der Waals surface area (Å²) in [6.45, 7) is 1.92. The lowest BCUT2D eigenvalue weighted by atomic mass is 10.2. The molecule has 0 aromatic heterocycles. The molecule has 0 aliphatic heterocycles. The van der Waals surface area contributed by atoms with Gasteiger partial charge in [-0.25, -0.2) is 4.79 Å². The van der Waals surface area contributed by atoms with E-state index >= 15 is 0 Å². The first kappa shape index (κ1) is 9.97. The quantitative estimate of drug-likeness (QED) is 0.492. The van der Waals surface area contributed by atoms with Crippen LogP contribution in [0, 0.1) is 0 Å². The number of carboxylic acids is 1. The van der Waals surface area contributed by atoms with Gasteiger partial charge in [0.15, 0.2) is 0 Å². The van der Waals surface area contributed by atoms with Gasteiger partial charge in [-0.05, 0) is 6.42 Å². The van der Waals surface area contributed by atoms with E-state index in [0.29, 0.717) is 0 Å². The van der Waals surface area contributed by atoms with Crippen LogP contribution in [0.15, 0.2) is 12.3 Å². The molecule has 0 saturated heterocycles. The molecular formula is C7H13NO3. The van der Waals surface area contributed by atoms with Crippen molar-refractivity contribution in [2.75, 3.05) is 6.61 Å². The maximum Gasteiger partial charge on any atom is 0.329 e. The van der Waals surface area contributed by atoms with Gasteiger partial charge in [0.1, 0.15) is 0 Å². The van der Waals surface area contributed by atoms with Crippen molar-refractivity contribution in [3.63, 3.8) is 0 Å². The van der Waals surface area contributed by atoms with Gasteiger partial charge in [-0.15, -0.1) is 0 Å². The SMILES string of the molecule is CCC(CO)N/C=C/C(=O)O. The fraction of sp³-hybridized carbons (Fsp3) is 0.571. The Labute approximate surface area is 65.5 Å².